The average Bonchev–Trinajstić information content (AvgIpc) is 3.73. The van der Waals surface area contributed by atoms with Crippen molar-refractivity contribution in [1.82, 2.24) is 9.97 Å². The first-order valence-corrected chi connectivity index (χ1v) is 15.7. The van der Waals surface area contributed by atoms with Gasteiger partial charge in [0, 0.05) is 66.1 Å². The molecule has 0 amide bonds. The number of fused-ring (bicyclic) bond motifs is 4. The van der Waals surface area contributed by atoms with E-state index in [-0.39, 0.29) is 0 Å². The van der Waals surface area contributed by atoms with Crippen LogP contribution in [0.5, 0.6) is 0 Å². The van der Waals surface area contributed by atoms with Crippen molar-refractivity contribution in [1.29, 1.82) is 0 Å². The summed E-state index contributed by atoms with van der Waals surface area (Å²) in [5, 5.41) is 2.52. The zero-order valence-electron chi connectivity index (χ0n) is 22.9. The maximum Gasteiger partial charge on any atom is 0.0460 e. The fraction of sp³-hybridized carbons (Fsp3) is 0.135. The van der Waals surface area contributed by atoms with E-state index in [0.29, 0.717) is 11.8 Å². The molecule has 41 heavy (non-hydrogen) atoms. The highest BCUT2D eigenvalue weighted by Gasteiger charge is 2.33. The van der Waals surface area contributed by atoms with E-state index in [4.69, 9.17) is 0 Å². The van der Waals surface area contributed by atoms with Gasteiger partial charge in [0.1, 0.15) is 0 Å². The Morgan fingerprint density at radius 3 is 1.51 bits per heavy atom. The summed E-state index contributed by atoms with van der Waals surface area (Å²) in [4.78, 5) is 6.92. The number of hydrogen-bond acceptors (Lipinski definition) is 0. The second kappa shape index (κ2) is 9.47. The van der Waals surface area contributed by atoms with Gasteiger partial charge in [-0.1, -0.05) is 91.6 Å². The molecule has 0 radical (unpaired) electrons. The standard InChI is InChI=1S/C37H28Br2N2/c1-20-11-30-28(13-22(15-34(30)38)32-18-40-36-9-5-3-7-24(32)36)26(20)17-27-21(2)12-31-29(27)14-23(16-35(31)39)33-19-41-37-10-6-4-8-25(33)37/h3-16,18-19,26-27,40-41H,17H2,1-2H3. The van der Waals surface area contributed by atoms with Crippen LogP contribution in [-0.4, -0.2) is 9.97 Å². The quantitative estimate of drug-likeness (QED) is 0.189. The Bertz CT molecular complexity index is 1940. The molecule has 2 aromatic heterocycles. The van der Waals surface area contributed by atoms with E-state index in [1.165, 1.54) is 86.4 Å². The molecular formula is C37H28Br2N2. The van der Waals surface area contributed by atoms with Gasteiger partial charge in [-0.25, -0.2) is 0 Å². The normalized spacial score (nSPS) is 17.7. The van der Waals surface area contributed by atoms with Gasteiger partial charge in [-0.3, -0.25) is 0 Å². The van der Waals surface area contributed by atoms with Crippen molar-refractivity contribution < 1.29 is 0 Å². The topological polar surface area (TPSA) is 31.6 Å². The number of hydrogen-bond donors (Lipinski definition) is 2. The molecule has 4 heteroatoms. The third-order valence-corrected chi connectivity index (χ3v) is 10.5. The Kier molecular flexibility index (Phi) is 5.81. The van der Waals surface area contributed by atoms with E-state index in [1.54, 1.807) is 0 Å². The third kappa shape index (κ3) is 3.95. The Morgan fingerprint density at radius 2 is 1.05 bits per heavy atom. The first kappa shape index (κ1) is 25.1. The van der Waals surface area contributed by atoms with Gasteiger partial charge in [0.2, 0.25) is 0 Å². The van der Waals surface area contributed by atoms with Crippen LogP contribution in [0.15, 0.2) is 105 Å². The average molecular weight is 660 g/mol. The number of aromatic amines is 2. The maximum atomic E-state index is 3.94. The number of nitrogens with one attached hydrogen (secondary N) is 2. The van der Waals surface area contributed by atoms with Gasteiger partial charge in [-0.15, -0.1) is 0 Å². The third-order valence-electron chi connectivity index (χ3n) is 9.19. The van der Waals surface area contributed by atoms with Gasteiger partial charge in [0.25, 0.3) is 0 Å². The van der Waals surface area contributed by atoms with Gasteiger partial charge in [-0.2, -0.15) is 0 Å². The second-order valence-corrected chi connectivity index (χ2v) is 13.2. The second-order valence-electron chi connectivity index (χ2n) is 11.5. The minimum atomic E-state index is 0.362. The summed E-state index contributed by atoms with van der Waals surface area (Å²) in [6.45, 7) is 4.60. The van der Waals surface area contributed by atoms with Crippen LogP contribution < -0.4 is 0 Å². The number of para-hydroxylation sites is 2. The molecule has 2 heterocycles. The predicted molar refractivity (Wildman–Crippen MR) is 180 cm³/mol. The van der Waals surface area contributed by atoms with Crippen molar-refractivity contribution in [2.45, 2.75) is 32.1 Å². The first-order chi connectivity index (χ1) is 20.0. The molecule has 0 fully saturated rings. The first-order valence-electron chi connectivity index (χ1n) is 14.1. The number of rotatable bonds is 4. The van der Waals surface area contributed by atoms with Crippen LogP contribution in [0, 0.1) is 0 Å². The van der Waals surface area contributed by atoms with Crippen LogP contribution in [0.3, 0.4) is 0 Å². The predicted octanol–water partition coefficient (Wildman–Crippen LogP) is 11.6. The van der Waals surface area contributed by atoms with E-state index >= 15 is 0 Å². The van der Waals surface area contributed by atoms with Crippen LogP contribution in [-0.2, 0) is 0 Å². The maximum absolute atomic E-state index is 3.94. The van der Waals surface area contributed by atoms with Crippen molar-refractivity contribution >= 4 is 65.8 Å². The van der Waals surface area contributed by atoms with Crippen molar-refractivity contribution in [2.75, 3.05) is 0 Å². The molecule has 8 rings (SSSR count). The molecule has 4 aromatic carbocycles. The molecule has 6 aromatic rings. The lowest BCUT2D eigenvalue weighted by atomic mass is 9.81. The highest BCUT2D eigenvalue weighted by molar-refractivity contribution is 9.10. The fourth-order valence-electron chi connectivity index (χ4n) is 7.10. The zero-order valence-corrected chi connectivity index (χ0v) is 26.0. The van der Waals surface area contributed by atoms with E-state index in [2.05, 4.69) is 153 Å². The zero-order chi connectivity index (χ0) is 27.8. The Labute approximate surface area is 256 Å². The Hall–Kier alpha value is -3.60. The van der Waals surface area contributed by atoms with Gasteiger partial charge < -0.3 is 9.97 Å². The van der Waals surface area contributed by atoms with Gasteiger partial charge in [0.15, 0.2) is 0 Å². The molecular weight excluding hydrogens is 632 g/mol. The molecule has 0 spiro atoms. The lowest BCUT2D eigenvalue weighted by Gasteiger charge is -2.23. The minimum absolute atomic E-state index is 0.362. The smallest absolute Gasteiger partial charge is 0.0460 e. The van der Waals surface area contributed by atoms with Crippen LogP contribution >= 0.6 is 31.9 Å². The van der Waals surface area contributed by atoms with Crippen LogP contribution in [0.4, 0.5) is 0 Å². The highest BCUT2D eigenvalue weighted by atomic mass is 79.9. The summed E-state index contributed by atoms with van der Waals surface area (Å²) in [6, 6.07) is 26.5. The molecule has 2 aliphatic carbocycles. The summed E-state index contributed by atoms with van der Waals surface area (Å²) in [6.07, 6.45) is 10.1. The molecule has 2 aliphatic rings. The number of allylic oxidation sites excluding steroid dienone is 2. The number of benzene rings is 4. The lowest BCUT2D eigenvalue weighted by molar-refractivity contribution is 0.642. The minimum Gasteiger partial charge on any atom is -0.361 e. The van der Waals surface area contributed by atoms with Crippen LogP contribution in [0.25, 0.3) is 56.2 Å². The highest BCUT2D eigenvalue weighted by Crippen LogP contribution is 2.51. The van der Waals surface area contributed by atoms with Gasteiger partial charge in [-0.05, 0) is 90.0 Å². The fourth-order valence-corrected chi connectivity index (χ4v) is 8.28. The van der Waals surface area contributed by atoms with E-state index in [9.17, 15) is 0 Å². The Morgan fingerprint density at radius 1 is 0.610 bits per heavy atom. The molecule has 0 saturated heterocycles. The summed E-state index contributed by atoms with van der Waals surface area (Å²) in [5.74, 6) is 0.725. The molecule has 2 unspecified atom stereocenters. The van der Waals surface area contributed by atoms with Crippen molar-refractivity contribution in [2.24, 2.45) is 0 Å². The van der Waals surface area contributed by atoms with Crippen molar-refractivity contribution in [3.8, 4) is 22.3 Å². The van der Waals surface area contributed by atoms with Crippen LogP contribution in [0.1, 0.15) is 54.4 Å². The molecule has 2 nitrogen and oxygen atoms in total. The molecule has 2 N–H and O–H groups in total. The molecule has 0 saturated carbocycles. The number of aromatic nitrogens is 2. The van der Waals surface area contributed by atoms with Crippen LogP contribution in [0.2, 0.25) is 0 Å². The molecule has 200 valence electrons. The summed E-state index contributed by atoms with van der Waals surface area (Å²) in [5.41, 5.74) is 15.7. The van der Waals surface area contributed by atoms with Gasteiger partial charge >= 0.3 is 0 Å². The summed E-state index contributed by atoms with van der Waals surface area (Å²) >= 11 is 7.88. The monoisotopic (exact) mass is 658 g/mol. The van der Waals surface area contributed by atoms with Crippen molar-refractivity contribution in [3.63, 3.8) is 0 Å². The molecule has 0 bridgehead atoms. The molecule has 0 aliphatic heterocycles. The summed E-state index contributed by atoms with van der Waals surface area (Å²) in [7, 11) is 0. The van der Waals surface area contributed by atoms with Gasteiger partial charge in [0.05, 0.1) is 0 Å². The molecule has 2 atom stereocenters. The lowest BCUT2D eigenvalue weighted by Crippen LogP contribution is -2.07. The van der Waals surface area contributed by atoms with E-state index in [0.717, 1.165) is 6.42 Å². The van der Waals surface area contributed by atoms with Crippen molar-refractivity contribution in [3.05, 3.63) is 128 Å². The SMILES string of the molecule is CC1=Cc2c(Br)cc(-c3c[nH]c4ccccc34)cc2C1CC1C(C)=Cc2c(Br)cc(-c3c[nH]c4ccccc34)cc21. The van der Waals surface area contributed by atoms with E-state index in [1.807, 2.05) is 0 Å². The number of halogens is 2. The number of H-pyrrole nitrogens is 2. The van der Waals surface area contributed by atoms with E-state index < -0.39 is 0 Å². The summed E-state index contributed by atoms with van der Waals surface area (Å²) < 4.78 is 2.33. The largest absolute Gasteiger partial charge is 0.361 e. The Balaban J connectivity index is 1.20.